The summed E-state index contributed by atoms with van der Waals surface area (Å²) in [4.78, 5) is 12.0. The molecule has 1 aromatic heterocycles. The molecule has 2 N–H and O–H groups in total. The lowest BCUT2D eigenvalue weighted by molar-refractivity contribution is -0.137. The topological polar surface area (TPSA) is 54.3 Å². The Labute approximate surface area is 145 Å². The quantitative estimate of drug-likeness (QED) is 0.513. The molecule has 3 aromatic rings. The summed E-state index contributed by atoms with van der Waals surface area (Å²) in [6, 6.07) is 12.8. The Morgan fingerprint density at radius 1 is 0.962 bits per heavy atom. The van der Waals surface area contributed by atoms with Crippen LogP contribution >= 0.6 is 0 Å². The van der Waals surface area contributed by atoms with Crippen molar-refractivity contribution >= 4 is 11.6 Å². The number of hydrazine groups is 1. The maximum atomic E-state index is 12.9. The van der Waals surface area contributed by atoms with Gasteiger partial charge in [-0.05, 0) is 54.6 Å². The van der Waals surface area contributed by atoms with Crippen LogP contribution in [0.15, 0.2) is 65.1 Å². The Morgan fingerprint density at radius 3 is 2.38 bits per heavy atom. The summed E-state index contributed by atoms with van der Waals surface area (Å²) in [6.45, 7) is 0. The summed E-state index contributed by atoms with van der Waals surface area (Å²) in [5.41, 5.74) is 4.47. The highest BCUT2D eigenvalue weighted by atomic mass is 19.4. The number of amides is 1. The average Bonchev–Trinajstić information content (AvgIpc) is 3.10. The summed E-state index contributed by atoms with van der Waals surface area (Å²) in [7, 11) is 0. The predicted octanol–water partition coefficient (Wildman–Crippen LogP) is 4.86. The van der Waals surface area contributed by atoms with Gasteiger partial charge in [0.25, 0.3) is 0 Å². The van der Waals surface area contributed by atoms with Gasteiger partial charge in [0.1, 0.15) is 11.6 Å². The fraction of sp³-hybridized carbons (Fsp3) is 0.0556. The molecule has 0 aliphatic heterocycles. The largest absolute Gasteiger partial charge is 0.451 e. The highest BCUT2D eigenvalue weighted by Crippen LogP contribution is 2.30. The van der Waals surface area contributed by atoms with Crippen LogP contribution in [-0.2, 0) is 6.18 Å². The highest BCUT2D eigenvalue weighted by molar-refractivity contribution is 5.92. The molecule has 0 aliphatic carbocycles. The summed E-state index contributed by atoms with van der Waals surface area (Å²) >= 11 is 0. The Balaban J connectivity index is 1.67. The number of anilines is 1. The first-order valence-electron chi connectivity index (χ1n) is 7.42. The van der Waals surface area contributed by atoms with Gasteiger partial charge in [0.15, 0.2) is 5.76 Å². The fourth-order valence-corrected chi connectivity index (χ4v) is 2.19. The van der Waals surface area contributed by atoms with Gasteiger partial charge in [0, 0.05) is 5.56 Å². The lowest BCUT2D eigenvalue weighted by Crippen LogP contribution is -2.29. The van der Waals surface area contributed by atoms with Crippen LogP contribution < -0.4 is 10.9 Å². The second kappa shape index (κ2) is 6.91. The van der Waals surface area contributed by atoms with Crippen LogP contribution in [0.25, 0.3) is 11.3 Å². The predicted molar refractivity (Wildman–Crippen MR) is 86.6 cm³/mol. The molecule has 3 rings (SSSR count). The minimum Gasteiger partial charge on any atom is -0.451 e. The molecule has 26 heavy (non-hydrogen) atoms. The number of carbonyl (C=O) groups is 1. The van der Waals surface area contributed by atoms with E-state index in [9.17, 15) is 22.4 Å². The van der Waals surface area contributed by atoms with Crippen molar-refractivity contribution in [1.29, 1.82) is 0 Å². The molecule has 0 unspecified atom stereocenters. The van der Waals surface area contributed by atoms with Crippen molar-refractivity contribution in [1.82, 2.24) is 5.43 Å². The third-order valence-corrected chi connectivity index (χ3v) is 3.47. The molecular weight excluding hydrogens is 352 g/mol. The van der Waals surface area contributed by atoms with E-state index >= 15 is 0 Å². The van der Waals surface area contributed by atoms with Crippen LogP contribution in [-0.4, -0.2) is 5.91 Å². The van der Waals surface area contributed by atoms with Gasteiger partial charge in [0.2, 0.25) is 0 Å². The maximum absolute atomic E-state index is 12.9. The number of hydrogen-bond donors (Lipinski definition) is 2. The number of nitrogens with one attached hydrogen (secondary N) is 2. The standard InChI is InChI=1S/C18H12F4N2O2/c19-13-6-4-11(5-7-13)15-8-9-16(26-15)17(25)24-23-14-3-1-2-12(10-14)18(20,21)22/h1-10,23H,(H,24,25). The summed E-state index contributed by atoms with van der Waals surface area (Å²) in [5, 5.41) is 0. The van der Waals surface area contributed by atoms with Gasteiger partial charge >= 0.3 is 12.1 Å². The zero-order chi connectivity index (χ0) is 18.7. The average molecular weight is 364 g/mol. The van der Waals surface area contributed by atoms with E-state index in [1.54, 1.807) is 0 Å². The van der Waals surface area contributed by atoms with Gasteiger partial charge in [-0.3, -0.25) is 15.6 Å². The lowest BCUT2D eigenvalue weighted by Gasteiger charge is -2.10. The van der Waals surface area contributed by atoms with E-state index in [0.717, 1.165) is 12.1 Å². The van der Waals surface area contributed by atoms with Crippen molar-refractivity contribution in [3.63, 3.8) is 0 Å². The van der Waals surface area contributed by atoms with Crippen LogP contribution in [0.5, 0.6) is 0 Å². The van der Waals surface area contributed by atoms with Crippen molar-refractivity contribution in [2.24, 2.45) is 0 Å². The number of rotatable bonds is 4. The number of furan rings is 1. The molecule has 0 saturated heterocycles. The Bertz CT molecular complexity index is 917. The van der Waals surface area contributed by atoms with Crippen molar-refractivity contribution in [2.75, 3.05) is 5.43 Å². The Morgan fingerprint density at radius 2 is 1.69 bits per heavy atom. The van der Waals surface area contributed by atoms with Gasteiger partial charge in [-0.2, -0.15) is 13.2 Å². The minimum atomic E-state index is -4.48. The van der Waals surface area contributed by atoms with E-state index in [1.165, 1.54) is 48.5 Å². The number of halogens is 4. The second-order valence-electron chi connectivity index (χ2n) is 5.33. The van der Waals surface area contributed by atoms with Crippen LogP contribution in [0.1, 0.15) is 16.1 Å². The molecular formula is C18H12F4N2O2. The zero-order valence-corrected chi connectivity index (χ0v) is 13.1. The summed E-state index contributed by atoms with van der Waals surface area (Å²) in [6.07, 6.45) is -4.48. The number of carbonyl (C=O) groups excluding carboxylic acids is 1. The molecule has 2 aromatic carbocycles. The summed E-state index contributed by atoms with van der Waals surface area (Å²) < 4.78 is 56.3. The van der Waals surface area contributed by atoms with Crippen LogP contribution in [0.4, 0.5) is 23.2 Å². The molecule has 0 bridgehead atoms. The van der Waals surface area contributed by atoms with Gasteiger partial charge in [-0.1, -0.05) is 6.07 Å². The molecule has 1 amide bonds. The molecule has 0 fully saturated rings. The molecule has 4 nitrogen and oxygen atoms in total. The van der Waals surface area contributed by atoms with Crippen LogP contribution in [0.2, 0.25) is 0 Å². The molecule has 8 heteroatoms. The van der Waals surface area contributed by atoms with Crippen molar-refractivity contribution in [3.05, 3.63) is 77.8 Å². The third-order valence-electron chi connectivity index (χ3n) is 3.47. The SMILES string of the molecule is O=C(NNc1cccc(C(F)(F)F)c1)c1ccc(-c2ccc(F)cc2)o1. The van der Waals surface area contributed by atoms with Crippen molar-refractivity contribution in [2.45, 2.75) is 6.18 Å². The minimum absolute atomic E-state index is 0.0520. The van der Waals surface area contributed by atoms with Crippen molar-refractivity contribution in [3.8, 4) is 11.3 Å². The molecule has 0 spiro atoms. The van der Waals surface area contributed by atoms with E-state index in [0.29, 0.717) is 11.3 Å². The van der Waals surface area contributed by atoms with Crippen molar-refractivity contribution < 1.29 is 26.8 Å². The van der Waals surface area contributed by atoms with E-state index in [4.69, 9.17) is 4.42 Å². The fourth-order valence-electron chi connectivity index (χ4n) is 2.19. The van der Waals surface area contributed by atoms with Crippen LogP contribution in [0, 0.1) is 5.82 Å². The van der Waals surface area contributed by atoms with Gasteiger partial charge in [0.05, 0.1) is 11.3 Å². The molecule has 1 heterocycles. The Hall–Kier alpha value is -3.29. The summed E-state index contributed by atoms with van der Waals surface area (Å²) in [5.74, 6) is -0.766. The van der Waals surface area contributed by atoms with Crippen LogP contribution in [0.3, 0.4) is 0 Å². The lowest BCUT2D eigenvalue weighted by atomic mass is 10.2. The normalized spacial score (nSPS) is 11.2. The van der Waals surface area contributed by atoms with Gasteiger partial charge in [-0.15, -0.1) is 0 Å². The van der Waals surface area contributed by atoms with E-state index in [1.807, 2.05) is 0 Å². The second-order valence-corrected chi connectivity index (χ2v) is 5.33. The van der Waals surface area contributed by atoms with E-state index < -0.39 is 23.5 Å². The monoisotopic (exact) mass is 364 g/mol. The first-order chi connectivity index (χ1) is 12.3. The third kappa shape index (κ3) is 4.02. The molecule has 0 aliphatic rings. The number of hydrogen-bond acceptors (Lipinski definition) is 3. The molecule has 134 valence electrons. The van der Waals surface area contributed by atoms with Gasteiger partial charge < -0.3 is 4.42 Å². The highest BCUT2D eigenvalue weighted by Gasteiger charge is 2.30. The van der Waals surface area contributed by atoms with E-state index in [-0.39, 0.29) is 11.4 Å². The molecule has 0 atom stereocenters. The molecule has 0 saturated carbocycles. The zero-order valence-electron chi connectivity index (χ0n) is 13.1. The molecule has 0 radical (unpaired) electrons. The smallest absolute Gasteiger partial charge is 0.416 e. The Kier molecular flexibility index (Phi) is 4.66. The van der Waals surface area contributed by atoms with Gasteiger partial charge in [-0.25, -0.2) is 4.39 Å². The van der Waals surface area contributed by atoms with E-state index in [2.05, 4.69) is 10.9 Å². The number of benzene rings is 2. The first kappa shape index (κ1) is 17.5. The number of alkyl halides is 3. The maximum Gasteiger partial charge on any atom is 0.416 e. The first-order valence-corrected chi connectivity index (χ1v) is 7.42.